The Labute approximate surface area is 197 Å². The molecule has 0 aromatic heterocycles. The molecule has 0 aliphatic carbocycles. The van der Waals surface area contributed by atoms with Crippen molar-refractivity contribution in [1.29, 1.82) is 0 Å². The van der Waals surface area contributed by atoms with Crippen LogP contribution in [0.4, 0.5) is 17.1 Å². The van der Waals surface area contributed by atoms with Gasteiger partial charge in [0.25, 0.3) is 0 Å². The molecule has 0 bridgehead atoms. The first-order chi connectivity index (χ1) is 16.0. The first kappa shape index (κ1) is 22.4. The van der Waals surface area contributed by atoms with Crippen molar-refractivity contribution in [3.05, 3.63) is 95.5 Å². The van der Waals surface area contributed by atoms with E-state index in [1.807, 2.05) is 48.5 Å². The van der Waals surface area contributed by atoms with Crippen molar-refractivity contribution in [2.24, 2.45) is 0 Å². The maximum atomic E-state index is 12.4. The molecule has 1 amide bonds. The molecule has 3 aromatic carbocycles. The molecule has 1 saturated heterocycles. The minimum atomic E-state index is -1.40. The highest BCUT2D eigenvalue weighted by molar-refractivity contribution is 6.30. The molecular weight excluding hydrogens is 438 g/mol. The minimum absolute atomic E-state index is 0.164. The predicted molar refractivity (Wildman–Crippen MR) is 130 cm³/mol. The Morgan fingerprint density at radius 1 is 0.788 bits per heavy atom. The van der Waals surface area contributed by atoms with E-state index in [0.29, 0.717) is 11.3 Å². The Bertz CT molecular complexity index is 1140. The number of carbonyl (C=O) groups is 2. The van der Waals surface area contributed by atoms with E-state index >= 15 is 0 Å². The van der Waals surface area contributed by atoms with Gasteiger partial charge in [-0.25, -0.2) is 0 Å². The molecule has 0 radical (unpaired) electrons. The fourth-order valence-corrected chi connectivity index (χ4v) is 3.94. The van der Waals surface area contributed by atoms with Gasteiger partial charge >= 0.3 is 0 Å². The van der Waals surface area contributed by atoms with E-state index in [1.165, 1.54) is 0 Å². The van der Waals surface area contributed by atoms with Gasteiger partial charge in [0.15, 0.2) is 0 Å². The number of halogens is 1. The zero-order valence-corrected chi connectivity index (χ0v) is 18.7. The van der Waals surface area contributed by atoms with Gasteiger partial charge < -0.3 is 25.0 Å². The topological polar surface area (TPSA) is 75.7 Å². The Kier molecular flexibility index (Phi) is 6.95. The van der Waals surface area contributed by atoms with Gasteiger partial charge in [0.05, 0.1) is 5.97 Å². The van der Waals surface area contributed by atoms with Crippen molar-refractivity contribution in [2.45, 2.75) is 0 Å². The maximum absolute atomic E-state index is 12.4. The number of carbonyl (C=O) groups excluding carboxylic acids is 2. The first-order valence-electron chi connectivity index (χ1n) is 10.6. The average molecular weight is 461 g/mol. The van der Waals surface area contributed by atoms with Gasteiger partial charge in [-0.3, -0.25) is 4.79 Å². The largest absolute Gasteiger partial charge is 0.545 e. The highest BCUT2D eigenvalue weighted by atomic mass is 35.5. The van der Waals surface area contributed by atoms with Crippen LogP contribution in [0.2, 0.25) is 5.02 Å². The average Bonchev–Trinajstić information content (AvgIpc) is 2.84. The van der Waals surface area contributed by atoms with E-state index < -0.39 is 11.9 Å². The summed E-state index contributed by atoms with van der Waals surface area (Å²) in [5.74, 6) is -1.92. The number of aliphatic carboxylic acids is 1. The molecular formula is C26H23ClN3O3-. The summed E-state index contributed by atoms with van der Waals surface area (Å²) in [6.07, 6.45) is 1.05. The fourth-order valence-electron chi connectivity index (χ4n) is 3.82. The van der Waals surface area contributed by atoms with Gasteiger partial charge in [-0.1, -0.05) is 41.9 Å². The van der Waals surface area contributed by atoms with Crippen molar-refractivity contribution in [3.63, 3.8) is 0 Å². The van der Waals surface area contributed by atoms with Gasteiger partial charge in [0.1, 0.15) is 0 Å². The Balaban J connectivity index is 1.36. The lowest BCUT2D eigenvalue weighted by Gasteiger charge is -2.37. The van der Waals surface area contributed by atoms with Gasteiger partial charge in [-0.05, 0) is 54.1 Å². The van der Waals surface area contributed by atoms with Crippen molar-refractivity contribution >= 4 is 46.1 Å². The molecule has 1 aliphatic rings. The van der Waals surface area contributed by atoms with E-state index in [0.717, 1.165) is 48.7 Å². The van der Waals surface area contributed by atoms with Crippen LogP contribution in [0.1, 0.15) is 5.56 Å². The zero-order chi connectivity index (χ0) is 23.2. The second kappa shape index (κ2) is 10.2. The first-order valence-corrected chi connectivity index (χ1v) is 11.0. The second-order valence-electron chi connectivity index (χ2n) is 7.70. The van der Waals surface area contributed by atoms with E-state index in [4.69, 9.17) is 11.6 Å². The van der Waals surface area contributed by atoms with E-state index in [2.05, 4.69) is 15.1 Å². The van der Waals surface area contributed by atoms with Gasteiger partial charge in [0, 0.05) is 59.9 Å². The third-order valence-corrected chi connectivity index (χ3v) is 5.80. The summed E-state index contributed by atoms with van der Waals surface area (Å²) >= 11 is 5.98. The van der Waals surface area contributed by atoms with Crippen molar-refractivity contribution < 1.29 is 14.7 Å². The molecule has 1 fully saturated rings. The van der Waals surface area contributed by atoms with Gasteiger partial charge in [0.2, 0.25) is 5.91 Å². The van der Waals surface area contributed by atoms with E-state index in [1.54, 1.807) is 30.3 Å². The molecule has 0 saturated carbocycles. The molecule has 1 aliphatic heterocycles. The Morgan fingerprint density at radius 3 is 1.82 bits per heavy atom. The summed E-state index contributed by atoms with van der Waals surface area (Å²) in [6.45, 7) is 3.55. The molecule has 0 spiro atoms. The lowest BCUT2D eigenvalue weighted by molar-refractivity contribution is -0.295. The van der Waals surface area contributed by atoms with E-state index in [-0.39, 0.29) is 5.57 Å². The predicted octanol–water partition coefficient (Wildman–Crippen LogP) is 3.44. The number of anilines is 3. The normalized spacial score (nSPS) is 14.2. The summed E-state index contributed by atoms with van der Waals surface area (Å²) in [5.41, 5.74) is 3.07. The number of nitrogens with zero attached hydrogens (tertiary/aromatic N) is 2. The number of benzene rings is 3. The molecule has 4 rings (SSSR count). The monoisotopic (exact) mass is 460 g/mol. The number of carboxylic acids is 1. The van der Waals surface area contributed by atoms with E-state index in [9.17, 15) is 14.7 Å². The van der Waals surface area contributed by atoms with Crippen LogP contribution in [0.5, 0.6) is 0 Å². The highest BCUT2D eigenvalue weighted by Gasteiger charge is 2.17. The lowest BCUT2D eigenvalue weighted by atomic mass is 10.1. The zero-order valence-electron chi connectivity index (χ0n) is 17.9. The smallest absolute Gasteiger partial charge is 0.249 e. The minimum Gasteiger partial charge on any atom is -0.545 e. The number of hydrogen-bond acceptors (Lipinski definition) is 5. The number of carboxylic acid groups (broad SMARTS) is 1. The molecule has 168 valence electrons. The second-order valence-corrected chi connectivity index (χ2v) is 8.13. The quantitative estimate of drug-likeness (QED) is 0.570. The van der Waals surface area contributed by atoms with Gasteiger partial charge in [-0.2, -0.15) is 0 Å². The van der Waals surface area contributed by atoms with Crippen LogP contribution >= 0.6 is 11.6 Å². The fraction of sp³-hybridized carbons (Fsp3) is 0.154. The third kappa shape index (κ3) is 5.73. The maximum Gasteiger partial charge on any atom is 0.249 e. The number of hydrogen-bond donors (Lipinski definition) is 1. The van der Waals surface area contributed by atoms with Crippen molar-refractivity contribution in [2.75, 3.05) is 41.3 Å². The molecule has 6 nitrogen and oxygen atoms in total. The summed E-state index contributed by atoms with van der Waals surface area (Å²) < 4.78 is 0. The Morgan fingerprint density at radius 2 is 1.30 bits per heavy atom. The van der Waals surface area contributed by atoms with Gasteiger partial charge in [-0.15, -0.1) is 0 Å². The van der Waals surface area contributed by atoms with Crippen LogP contribution in [0.3, 0.4) is 0 Å². The van der Waals surface area contributed by atoms with Crippen LogP contribution in [0.25, 0.3) is 5.57 Å². The lowest BCUT2D eigenvalue weighted by Crippen LogP contribution is -2.46. The molecule has 1 heterocycles. The molecule has 0 atom stereocenters. The molecule has 7 heteroatoms. The summed E-state index contributed by atoms with van der Waals surface area (Å²) in [6, 6.07) is 23.8. The number of nitrogens with one attached hydrogen (secondary N) is 1. The number of amides is 1. The molecule has 0 unspecified atom stereocenters. The summed E-state index contributed by atoms with van der Waals surface area (Å²) in [7, 11) is 0. The number of rotatable bonds is 6. The molecule has 1 N–H and O–H groups in total. The third-order valence-electron chi connectivity index (χ3n) is 5.55. The molecule has 3 aromatic rings. The van der Waals surface area contributed by atoms with Crippen LogP contribution in [-0.4, -0.2) is 38.1 Å². The van der Waals surface area contributed by atoms with Crippen molar-refractivity contribution in [3.8, 4) is 0 Å². The number of piperazine rings is 1. The standard InChI is InChI=1S/C26H24ClN3O3/c27-20-6-10-22(11-7-20)29-14-16-30(17-15-29)23-12-8-21(9-13-23)28-25(31)18-24(26(32)33)19-4-2-1-3-5-19/h1-13,18H,14-17H2,(H,28,31)(H,32,33)/p-1/b24-18+. The SMILES string of the molecule is O=C(/C=C(/C(=O)[O-])c1ccccc1)Nc1ccc(N2CCN(c3ccc(Cl)cc3)CC2)cc1. The summed E-state index contributed by atoms with van der Waals surface area (Å²) in [5, 5.41) is 14.9. The van der Waals surface area contributed by atoms with Crippen molar-refractivity contribution in [1.82, 2.24) is 0 Å². The van der Waals surface area contributed by atoms with Crippen LogP contribution in [0, 0.1) is 0 Å². The molecule has 33 heavy (non-hydrogen) atoms. The van der Waals surface area contributed by atoms with Crippen LogP contribution < -0.4 is 20.2 Å². The van der Waals surface area contributed by atoms with Crippen LogP contribution in [-0.2, 0) is 9.59 Å². The van der Waals surface area contributed by atoms with Crippen LogP contribution in [0.15, 0.2) is 84.9 Å². The summed E-state index contributed by atoms with van der Waals surface area (Å²) in [4.78, 5) is 28.5. The highest BCUT2D eigenvalue weighted by Crippen LogP contribution is 2.23. The Hall–Kier alpha value is -3.77.